The van der Waals surface area contributed by atoms with E-state index in [1.54, 1.807) is 0 Å². The average molecular weight is 353 g/mol. The van der Waals surface area contributed by atoms with Crippen molar-refractivity contribution < 1.29 is 14.6 Å². The number of hydrogen-bond donors (Lipinski definition) is 1. The van der Waals surface area contributed by atoms with Gasteiger partial charge in [0.1, 0.15) is 0 Å². The Morgan fingerprint density at radius 2 is 1.88 bits per heavy atom. The van der Waals surface area contributed by atoms with Crippen LogP contribution in [0.3, 0.4) is 0 Å². The SMILES string of the molecule is CC(=O)OCCC(C)CC[C@@]1(C)[C@H](C)CC[C@]2(C)[C@@H]1CCC[C@@]2(C)O. The highest BCUT2D eigenvalue weighted by Crippen LogP contribution is 2.64. The highest BCUT2D eigenvalue weighted by Gasteiger charge is 2.59. The van der Waals surface area contributed by atoms with Gasteiger partial charge in [-0.25, -0.2) is 0 Å². The van der Waals surface area contributed by atoms with Crippen molar-refractivity contribution >= 4 is 5.97 Å². The highest BCUT2D eigenvalue weighted by molar-refractivity contribution is 5.65. The summed E-state index contributed by atoms with van der Waals surface area (Å²) in [6.45, 7) is 13.6. The van der Waals surface area contributed by atoms with Crippen LogP contribution in [0, 0.1) is 28.6 Å². The number of esters is 1. The lowest BCUT2D eigenvalue weighted by molar-refractivity contribution is -0.193. The number of aliphatic hydroxyl groups is 1. The molecule has 0 radical (unpaired) electrons. The number of hydrogen-bond acceptors (Lipinski definition) is 3. The lowest BCUT2D eigenvalue weighted by Crippen LogP contribution is -2.60. The van der Waals surface area contributed by atoms with E-state index in [4.69, 9.17) is 4.74 Å². The summed E-state index contributed by atoms with van der Waals surface area (Å²) in [5, 5.41) is 11.1. The van der Waals surface area contributed by atoms with Crippen LogP contribution in [-0.2, 0) is 9.53 Å². The first-order chi connectivity index (χ1) is 11.5. The van der Waals surface area contributed by atoms with Crippen LogP contribution in [0.1, 0.15) is 92.9 Å². The zero-order valence-corrected chi connectivity index (χ0v) is 17.4. The van der Waals surface area contributed by atoms with Crippen molar-refractivity contribution in [2.24, 2.45) is 28.6 Å². The molecule has 6 atom stereocenters. The Balaban J connectivity index is 2.05. The molecule has 2 aliphatic carbocycles. The van der Waals surface area contributed by atoms with Gasteiger partial charge in [-0.1, -0.05) is 40.5 Å². The predicted octanol–water partition coefficient (Wildman–Crippen LogP) is 5.35. The molecule has 0 aromatic heterocycles. The van der Waals surface area contributed by atoms with Crippen molar-refractivity contribution in [1.29, 1.82) is 0 Å². The molecule has 0 bridgehead atoms. The Morgan fingerprint density at radius 3 is 2.52 bits per heavy atom. The molecule has 0 heterocycles. The summed E-state index contributed by atoms with van der Waals surface area (Å²) in [6, 6.07) is 0. The third-order valence-electron chi connectivity index (χ3n) is 8.27. The predicted molar refractivity (Wildman–Crippen MR) is 102 cm³/mol. The minimum Gasteiger partial charge on any atom is -0.466 e. The average Bonchev–Trinajstić information content (AvgIpc) is 2.51. The van der Waals surface area contributed by atoms with Crippen molar-refractivity contribution in [1.82, 2.24) is 0 Å². The van der Waals surface area contributed by atoms with Crippen molar-refractivity contribution in [2.45, 2.75) is 98.5 Å². The van der Waals surface area contributed by atoms with Crippen LogP contribution in [-0.4, -0.2) is 23.3 Å². The second-order valence-electron chi connectivity index (χ2n) is 9.85. The van der Waals surface area contributed by atoms with E-state index in [0.29, 0.717) is 29.8 Å². The molecule has 2 rings (SSSR count). The Morgan fingerprint density at radius 1 is 1.20 bits per heavy atom. The van der Waals surface area contributed by atoms with E-state index in [2.05, 4.69) is 34.6 Å². The second kappa shape index (κ2) is 7.58. The first kappa shape index (κ1) is 20.7. The van der Waals surface area contributed by atoms with Gasteiger partial charge in [0.15, 0.2) is 0 Å². The summed E-state index contributed by atoms with van der Waals surface area (Å²) < 4.78 is 5.11. The molecule has 2 saturated carbocycles. The number of carbonyl (C=O) groups excluding carboxylic acids is 1. The molecule has 0 aliphatic heterocycles. The molecule has 0 aromatic rings. The second-order valence-corrected chi connectivity index (χ2v) is 9.85. The fraction of sp³-hybridized carbons (Fsp3) is 0.955. The molecule has 2 fully saturated rings. The van der Waals surface area contributed by atoms with E-state index in [-0.39, 0.29) is 11.4 Å². The van der Waals surface area contributed by atoms with Gasteiger partial charge in [-0.15, -0.1) is 0 Å². The third kappa shape index (κ3) is 4.07. The zero-order valence-electron chi connectivity index (χ0n) is 17.4. The van der Waals surface area contributed by atoms with Gasteiger partial charge in [0.25, 0.3) is 0 Å². The van der Waals surface area contributed by atoms with Crippen LogP contribution in [0.25, 0.3) is 0 Å². The van der Waals surface area contributed by atoms with Crippen LogP contribution in [0.2, 0.25) is 0 Å². The van der Waals surface area contributed by atoms with Gasteiger partial charge in [0, 0.05) is 6.92 Å². The Kier molecular flexibility index (Phi) is 6.29. The summed E-state index contributed by atoms with van der Waals surface area (Å²) >= 11 is 0. The summed E-state index contributed by atoms with van der Waals surface area (Å²) in [4.78, 5) is 10.9. The largest absolute Gasteiger partial charge is 0.466 e. The van der Waals surface area contributed by atoms with Crippen molar-refractivity contribution in [2.75, 3.05) is 6.61 Å². The molecule has 0 spiro atoms. The van der Waals surface area contributed by atoms with Crippen LogP contribution in [0.15, 0.2) is 0 Å². The molecule has 3 heteroatoms. The fourth-order valence-electron chi connectivity index (χ4n) is 5.85. The molecule has 2 aliphatic rings. The minimum absolute atomic E-state index is 0.0491. The number of carbonyl (C=O) groups is 1. The van der Waals surface area contributed by atoms with Crippen molar-refractivity contribution in [3.05, 3.63) is 0 Å². The van der Waals surface area contributed by atoms with E-state index < -0.39 is 5.60 Å². The smallest absolute Gasteiger partial charge is 0.302 e. The van der Waals surface area contributed by atoms with Gasteiger partial charge in [0.2, 0.25) is 0 Å². The van der Waals surface area contributed by atoms with Crippen LogP contribution in [0.4, 0.5) is 0 Å². The highest BCUT2D eigenvalue weighted by atomic mass is 16.5. The van der Waals surface area contributed by atoms with Gasteiger partial charge in [-0.2, -0.15) is 0 Å². The van der Waals surface area contributed by atoms with Gasteiger partial charge in [-0.05, 0) is 74.0 Å². The lowest BCUT2D eigenvalue weighted by atomic mass is 9.43. The van der Waals surface area contributed by atoms with Crippen LogP contribution in [0.5, 0.6) is 0 Å². The van der Waals surface area contributed by atoms with E-state index in [1.165, 1.54) is 32.6 Å². The lowest BCUT2D eigenvalue weighted by Gasteiger charge is -2.63. The van der Waals surface area contributed by atoms with Gasteiger partial charge >= 0.3 is 5.97 Å². The van der Waals surface area contributed by atoms with E-state index in [1.807, 2.05) is 0 Å². The quantitative estimate of drug-likeness (QED) is 0.655. The maximum Gasteiger partial charge on any atom is 0.302 e. The maximum absolute atomic E-state index is 11.1. The van der Waals surface area contributed by atoms with E-state index in [9.17, 15) is 9.90 Å². The fourth-order valence-corrected chi connectivity index (χ4v) is 5.85. The van der Waals surface area contributed by atoms with Crippen LogP contribution >= 0.6 is 0 Å². The first-order valence-corrected chi connectivity index (χ1v) is 10.4. The Labute approximate surface area is 154 Å². The van der Waals surface area contributed by atoms with Gasteiger partial charge in [-0.3, -0.25) is 4.79 Å². The molecule has 0 saturated heterocycles. The zero-order chi connectivity index (χ0) is 18.9. The summed E-state index contributed by atoms with van der Waals surface area (Å²) in [6.07, 6.45) is 9.08. The Bertz CT molecular complexity index is 472. The minimum atomic E-state index is -0.530. The van der Waals surface area contributed by atoms with E-state index >= 15 is 0 Å². The Hall–Kier alpha value is -0.570. The molecular weight excluding hydrogens is 312 g/mol. The van der Waals surface area contributed by atoms with E-state index in [0.717, 1.165) is 25.7 Å². The molecule has 1 N–H and O–H groups in total. The third-order valence-corrected chi connectivity index (χ3v) is 8.27. The normalized spacial score (nSPS) is 42.5. The van der Waals surface area contributed by atoms with Gasteiger partial charge < -0.3 is 9.84 Å². The molecule has 0 amide bonds. The maximum atomic E-state index is 11.1. The number of fused-ring (bicyclic) bond motifs is 1. The molecule has 146 valence electrons. The molecule has 3 nitrogen and oxygen atoms in total. The summed E-state index contributed by atoms with van der Waals surface area (Å²) in [5.74, 6) is 1.70. The number of rotatable bonds is 6. The molecule has 25 heavy (non-hydrogen) atoms. The summed E-state index contributed by atoms with van der Waals surface area (Å²) in [5.41, 5.74) is -0.182. The molecular formula is C22H40O3. The van der Waals surface area contributed by atoms with Crippen molar-refractivity contribution in [3.63, 3.8) is 0 Å². The molecule has 1 unspecified atom stereocenters. The van der Waals surface area contributed by atoms with Crippen LogP contribution < -0.4 is 0 Å². The first-order valence-electron chi connectivity index (χ1n) is 10.4. The van der Waals surface area contributed by atoms with Crippen molar-refractivity contribution in [3.8, 4) is 0 Å². The topological polar surface area (TPSA) is 46.5 Å². The standard InChI is InChI=1S/C22H40O3/c1-16(11-15-25-18(3)23)9-13-20(4)17(2)10-14-21(5)19(20)8-7-12-22(21,6)24/h16-17,19,24H,7-15H2,1-6H3/t16?,17-,19-,20+,21-,22-/m1/s1. The monoisotopic (exact) mass is 352 g/mol. The molecule has 0 aromatic carbocycles. The summed E-state index contributed by atoms with van der Waals surface area (Å²) in [7, 11) is 0. The van der Waals surface area contributed by atoms with Gasteiger partial charge in [0.05, 0.1) is 12.2 Å². The number of ether oxygens (including phenoxy) is 1.